The molecule has 2 rings (SSSR count). The quantitative estimate of drug-likeness (QED) is 0.884. The molecule has 0 aromatic heterocycles. The SMILES string of the molecule is Cc1ccc(OC2CC(C)CC(C)C2)c(C(C)N)c1. The van der Waals surface area contributed by atoms with E-state index in [1.165, 1.54) is 12.0 Å². The Morgan fingerprint density at radius 3 is 2.37 bits per heavy atom. The van der Waals surface area contributed by atoms with Crippen molar-refractivity contribution in [2.24, 2.45) is 17.6 Å². The van der Waals surface area contributed by atoms with Gasteiger partial charge in [-0.3, -0.25) is 0 Å². The molecule has 2 N–H and O–H groups in total. The molecule has 1 fully saturated rings. The van der Waals surface area contributed by atoms with Crippen LogP contribution < -0.4 is 10.5 Å². The minimum absolute atomic E-state index is 0.0216. The van der Waals surface area contributed by atoms with Gasteiger partial charge in [0.15, 0.2) is 0 Å². The Balaban J connectivity index is 2.14. The van der Waals surface area contributed by atoms with Crippen LogP contribution in [0.5, 0.6) is 5.75 Å². The average Bonchev–Trinajstić information content (AvgIpc) is 2.30. The molecule has 0 heterocycles. The normalized spacial score (nSPS) is 29.0. The first-order valence-corrected chi connectivity index (χ1v) is 7.48. The van der Waals surface area contributed by atoms with Crippen LogP contribution in [0.4, 0.5) is 0 Å². The molecule has 2 nitrogen and oxygen atoms in total. The Morgan fingerprint density at radius 1 is 1.16 bits per heavy atom. The van der Waals surface area contributed by atoms with Gasteiger partial charge in [0.25, 0.3) is 0 Å². The summed E-state index contributed by atoms with van der Waals surface area (Å²) in [6.07, 6.45) is 4.00. The fraction of sp³-hybridized carbons (Fsp3) is 0.647. The third-order valence-corrected chi connectivity index (χ3v) is 4.08. The first-order valence-electron chi connectivity index (χ1n) is 7.48. The minimum atomic E-state index is 0.0216. The van der Waals surface area contributed by atoms with E-state index in [1.54, 1.807) is 0 Å². The molecular formula is C17H27NO. The van der Waals surface area contributed by atoms with Gasteiger partial charge in [0, 0.05) is 11.6 Å². The van der Waals surface area contributed by atoms with Crippen LogP contribution in [0.25, 0.3) is 0 Å². The molecule has 1 aromatic rings. The molecule has 0 amide bonds. The van der Waals surface area contributed by atoms with Gasteiger partial charge in [0.05, 0.1) is 6.10 Å². The first-order chi connectivity index (χ1) is 8.95. The van der Waals surface area contributed by atoms with Crippen molar-refractivity contribution in [3.63, 3.8) is 0 Å². The topological polar surface area (TPSA) is 35.2 Å². The molecule has 0 aliphatic heterocycles. The van der Waals surface area contributed by atoms with Crippen LogP contribution in [-0.4, -0.2) is 6.10 Å². The molecule has 1 saturated carbocycles. The predicted octanol–water partition coefficient (Wildman–Crippen LogP) is 4.22. The van der Waals surface area contributed by atoms with Gasteiger partial charge in [-0.15, -0.1) is 0 Å². The van der Waals surface area contributed by atoms with Crippen LogP contribution in [0.15, 0.2) is 18.2 Å². The summed E-state index contributed by atoms with van der Waals surface area (Å²) in [5.74, 6) is 2.50. The molecule has 3 atom stereocenters. The summed E-state index contributed by atoms with van der Waals surface area (Å²) in [5, 5.41) is 0. The summed E-state index contributed by atoms with van der Waals surface area (Å²) in [7, 11) is 0. The van der Waals surface area contributed by atoms with Gasteiger partial charge in [-0.25, -0.2) is 0 Å². The van der Waals surface area contributed by atoms with Crippen molar-refractivity contribution in [2.75, 3.05) is 0 Å². The molecule has 0 radical (unpaired) electrons. The minimum Gasteiger partial charge on any atom is -0.490 e. The van der Waals surface area contributed by atoms with Crippen molar-refractivity contribution >= 4 is 0 Å². The van der Waals surface area contributed by atoms with Crippen molar-refractivity contribution < 1.29 is 4.74 Å². The lowest BCUT2D eigenvalue weighted by Crippen LogP contribution is -2.29. The molecule has 19 heavy (non-hydrogen) atoms. The van der Waals surface area contributed by atoms with Gasteiger partial charge in [0.2, 0.25) is 0 Å². The van der Waals surface area contributed by atoms with Gasteiger partial charge in [-0.1, -0.05) is 31.5 Å². The Bertz CT molecular complexity index is 417. The van der Waals surface area contributed by atoms with Crippen LogP contribution in [-0.2, 0) is 0 Å². The van der Waals surface area contributed by atoms with E-state index < -0.39 is 0 Å². The zero-order valence-electron chi connectivity index (χ0n) is 12.6. The first kappa shape index (κ1) is 14.4. The van der Waals surface area contributed by atoms with Crippen LogP contribution in [0.1, 0.15) is 57.2 Å². The van der Waals surface area contributed by atoms with Crippen LogP contribution in [0.2, 0.25) is 0 Å². The van der Waals surface area contributed by atoms with Crippen molar-refractivity contribution in [2.45, 2.75) is 59.1 Å². The van der Waals surface area contributed by atoms with Crippen LogP contribution in [0, 0.1) is 18.8 Å². The summed E-state index contributed by atoms with van der Waals surface area (Å²) >= 11 is 0. The van der Waals surface area contributed by atoms with E-state index in [0.717, 1.165) is 36.0 Å². The van der Waals surface area contributed by atoms with Gasteiger partial charge >= 0.3 is 0 Å². The summed E-state index contributed by atoms with van der Waals surface area (Å²) in [5.41, 5.74) is 8.43. The fourth-order valence-corrected chi connectivity index (χ4v) is 3.28. The second-order valence-electron chi connectivity index (χ2n) is 6.49. The molecule has 2 heteroatoms. The highest BCUT2D eigenvalue weighted by atomic mass is 16.5. The summed E-state index contributed by atoms with van der Waals surface area (Å²) in [6, 6.07) is 6.36. The Hall–Kier alpha value is -1.02. The lowest BCUT2D eigenvalue weighted by molar-refractivity contribution is 0.0998. The number of hydrogen-bond acceptors (Lipinski definition) is 2. The Labute approximate surface area is 117 Å². The van der Waals surface area contributed by atoms with E-state index in [4.69, 9.17) is 10.5 Å². The van der Waals surface area contributed by atoms with Crippen LogP contribution in [0.3, 0.4) is 0 Å². The predicted molar refractivity (Wildman–Crippen MR) is 80.4 cm³/mol. The standard InChI is InChI=1S/C17H27NO/c1-11-5-6-17(16(10-11)14(4)18)19-15-8-12(2)7-13(3)9-15/h5-6,10,12-15H,7-9,18H2,1-4H3. The Morgan fingerprint density at radius 2 is 1.79 bits per heavy atom. The van der Waals surface area contributed by atoms with Crippen molar-refractivity contribution in [1.29, 1.82) is 0 Å². The monoisotopic (exact) mass is 261 g/mol. The molecule has 0 spiro atoms. The van der Waals surface area contributed by atoms with E-state index >= 15 is 0 Å². The number of aryl methyl sites for hydroxylation is 1. The maximum atomic E-state index is 6.26. The summed E-state index contributed by atoms with van der Waals surface area (Å²) < 4.78 is 6.26. The highest BCUT2D eigenvalue weighted by Gasteiger charge is 2.26. The number of nitrogens with two attached hydrogens (primary N) is 1. The van der Waals surface area contributed by atoms with Crippen molar-refractivity contribution in [3.05, 3.63) is 29.3 Å². The van der Waals surface area contributed by atoms with E-state index in [2.05, 4.69) is 39.0 Å². The zero-order chi connectivity index (χ0) is 14.0. The zero-order valence-corrected chi connectivity index (χ0v) is 12.6. The van der Waals surface area contributed by atoms with Gasteiger partial charge in [-0.05, 0) is 51.0 Å². The summed E-state index contributed by atoms with van der Waals surface area (Å²) in [4.78, 5) is 0. The lowest BCUT2D eigenvalue weighted by Gasteiger charge is -2.32. The lowest BCUT2D eigenvalue weighted by atomic mass is 9.82. The van der Waals surface area contributed by atoms with Gasteiger partial charge in [0.1, 0.15) is 5.75 Å². The molecule has 1 aliphatic carbocycles. The number of rotatable bonds is 3. The van der Waals surface area contributed by atoms with E-state index in [0.29, 0.717) is 6.10 Å². The number of hydrogen-bond donors (Lipinski definition) is 1. The number of benzene rings is 1. The molecule has 0 bridgehead atoms. The molecule has 1 aliphatic rings. The highest BCUT2D eigenvalue weighted by Crippen LogP contribution is 2.33. The maximum Gasteiger partial charge on any atom is 0.124 e. The fourth-order valence-electron chi connectivity index (χ4n) is 3.28. The largest absolute Gasteiger partial charge is 0.490 e. The second-order valence-corrected chi connectivity index (χ2v) is 6.49. The van der Waals surface area contributed by atoms with Gasteiger partial charge < -0.3 is 10.5 Å². The molecular weight excluding hydrogens is 234 g/mol. The second kappa shape index (κ2) is 5.96. The molecule has 106 valence electrons. The maximum absolute atomic E-state index is 6.26. The van der Waals surface area contributed by atoms with E-state index in [-0.39, 0.29) is 6.04 Å². The molecule has 0 saturated heterocycles. The summed E-state index contributed by atoms with van der Waals surface area (Å²) in [6.45, 7) is 8.77. The van der Waals surface area contributed by atoms with E-state index in [9.17, 15) is 0 Å². The highest BCUT2D eigenvalue weighted by molar-refractivity contribution is 5.39. The Kier molecular flexibility index (Phi) is 4.51. The third-order valence-electron chi connectivity index (χ3n) is 4.08. The number of ether oxygens (including phenoxy) is 1. The van der Waals surface area contributed by atoms with E-state index in [1.807, 2.05) is 6.92 Å². The van der Waals surface area contributed by atoms with Crippen LogP contribution >= 0.6 is 0 Å². The van der Waals surface area contributed by atoms with Gasteiger partial charge in [-0.2, -0.15) is 0 Å². The molecule has 1 aromatic carbocycles. The smallest absolute Gasteiger partial charge is 0.124 e. The van der Waals surface area contributed by atoms with Crippen molar-refractivity contribution in [1.82, 2.24) is 0 Å². The average molecular weight is 261 g/mol. The van der Waals surface area contributed by atoms with Crippen molar-refractivity contribution in [3.8, 4) is 5.75 Å². The molecule has 3 unspecified atom stereocenters. The third kappa shape index (κ3) is 3.73.